The van der Waals surface area contributed by atoms with E-state index in [0.717, 1.165) is 10.6 Å². The number of amides is 1. The molecule has 3 nitrogen and oxygen atoms in total. The molecule has 1 N–H and O–H groups in total. The van der Waals surface area contributed by atoms with Crippen LogP contribution in [0.3, 0.4) is 0 Å². The number of rotatable bonds is 0. The molecule has 0 unspecified atom stereocenters. The summed E-state index contributed by atoms with van der Waals surface area (Å²) in [5, 5.41) is 2.73. The van der Waals surface area contributed by atoms with Gasteiger partial charge in [0.1, 0.15) is 0 Å². The highest BCUT2D eigenvalue weighted by molar-refractivity contribution is 7.09. The Hall–Kier alpha value is -0.900. The van der Waals surface area contributed by atoms with E-state index in [0.29, 0.717) is 13.0 Å². The van der Waals surface area contributed by atoms with Gasteiger partial charge in [0.2, 0.25) is 5.91 Å². The first-order valence-electron chi connectivity index (χ1n) is 3.04. The molecule has 0 bridgehead atoms. The van der Waals surface area contributed by atoms with Gasteiger partial charge in [-0.3, -0.25) is 4.79 Å². The number of hydrogen-bond donors (Lipinski definition) is 1. The van der Waals surface area contributed by atoms with Crippen LogP contribution in [0.15, 0.2) is 5.51 Å². The average molecular weight is 154 g/mol. The highest BCUT2D eigenvalue weighted by atomic mass is 32.1. The van der Waals surface area contributed by atoms with Crippen LogP contribution in [-0.4, -0.2) is 10.9 Å². The van der Waals surface area contributed by atoms with Crippen LogP contribution in [0.2, 0.25) is 0 Å². The average Bonchev–Trinajstić information content (AvgIpc) is 2.33. The van der Waals surface area contributed by atoms with Crippen LogP contribution in [-0.2, 0) is 17.8 Å². The molecule has 1 amide bonds. The third-order valence-electron chi connectivity index (χ3n) is 1.50. The van der Waals surface area contributed by atoms with Crippen LogP contribution in [0.25, 0.3) is 0 Å². The third kappa shape index (κ3) is 0.806. The van der Waals surface area contributed by atoms with Gasteiger partial charge in [-0.1, -0.05) is 0 Å². The zero-order valence-electron chi connectivity index (χ0n) is 5.26. The molecular weight excluding hydrogens is 148 g/mol. The van der Waals surface area contributed by atoms with Gasteiger partial charge in [-0.2, -0.15) is 0 Å². The molecule has 0 saturated heterocycles. The number of fused-ring (bicyclic) bond motifs is 1. The van der Waals surface area contributed by atoms with Crippen LogP contribution < -0.4 is 5.32 Å². The lowest BCUT2D eigenvalue weighted by atomic mass is 10.2. The second-order valence-corrected chi connectivity index (χ2v) is 3.12. The smallest absolute Gasteiger partial charge is 0.225 e. The summed E-state index contributed by atoms with van der Waals surface area (Å²) in [5.41, 5.74) is 2.81. The maximum absolute atomic E-state index is 10.8. The van der Waals surface area contributed by atoms with Crippen molar-refractivity contribution < 1.29 is 4.79 Å². The first-order chi connectivity index (χ1) is 4.86. The fourth-order valence-corrected chi connectivity index (χ4v) is 1.75. The van der Waals surface area contributed by atoms with Gasteiger partial charge >= 0.3 is 0 Å². The van der Waals surface area contributed by atoms with Gasteiger partial charge < -0.3 is 5.32 Å². The van der Waals surface area contributed by atoms with E-state index in [2.05, 4.69) is 10.3 Å². The molecular formula is C6H6N2OS. The predicted octanol–water partition coefficient (Wildman–Crippen LogP) is 0.315. The van der Waals surface area contributed by atoms with E-state index in [1.807, 2.05) is 0 Å². The third-order valence-corrected chi connectivity index (χ3v) is 2.37. The van der Waals surface area contributed by atoms with Gasteiger partial charge in [0, 0.05) is 4.88 Å². The largest absolute Gasteiger partial charge is 0.350 e. The van der Waals surface area contributed by atoms with Crippen molar-refractivity contribution in [2.75, 3.05) is 0 Å². The number of carbonyl (C=O) groups is 1. The van der Waals surface area contributed by atoms with Crippen LogP contribution in [0.5, 0.6) is 0 Å². The summed E-state index contributed by atoms with van der Waals surface area (Å²) < 4.78 is 0. The Kier molecular flexibility index (Phi) is 1.20. The van der Waals surface area contributed by atoms with Gasteiger partial charge in [0.15, 0.2) is 0 Å². The van der Waals surface area contributed by atoms with E-state index < -0.39 is 0 Å². The summed E-state index contributed by atoms with van der Waals surface area (Å²) in [5.74, 6) is 0.108. The second kappa shape index (κ2) is 2.05. The minimum atomic E-state index is 0.108. The molecule has 0 radical (unpaired) electrons. The Labute approximate surface area is 62.1 Å². The maximum Gasteiger partial charge on any atom is 0.225 e. The van der Waals surface area contributed by atoms with Crippen molar-refractivity contribution in [1.82, 2.24) is 10.3 Å². The van der Waals surface area contributed by atoms with E-state index in [-0.39, 0.29) is 5.91 Å². The summed E-state index contributed by atoms with van der Waals surface area (Å²) in [6, 6.07) is 0. The van der Waals surface area contributed by atoms with Gasteiger partial charge in [-0.15, -0.1) is 11.3 Å². The molecule has 0 aromatic carbocycles. The van der Waals surface area contributed by atoms with Crippen molar-refractivity contribution in [2.45, 2.75) is 13.0 Å². The number of nitrogens with one attached hydrogen (secondary N) is 1. The zero-order valence-corrected chi connectivity index (χ0v) is 6.07. The minimum absolute atomic E-state index is 0.108. The Bertz CT molecular complexity index is 268. The molecule has 0 spiro atoms. The summed E-state index contributed by atoms with van der Waals surface area (Å²) in [6.07, 6.45) is 0.514. The first-order valence-corrected chi connectivity index (χ1v) is 3.92. The molecule has 0 saturated carbocycles. The Morgan fingerprint density at radius 3 is 3.50 bits per heavy atom. The fourth-order valence-electron chi connectivity index (χ4n) is 0.972. The van der Waals surface area contributed by atoms with Crippen LogP contribution in [0, 0.1) is 0 Å². The number of carbonyl (C=O) groups excluding carboxylic acids is 1. The first kappa shape index (κ1) is 5.85. The summed E-state index contributed by atoms with van der Waals surface area (Å²) in [4.78, 5) is 16.0. The molecule has 0 aliphatic carbocycles. The quantitative estimate of drug-likeness (QED) is 0.584. The van der Waals surface area contributed by atoms with Crippen LogP contribution in [0.4, 0.5) is 0 Å². The highest BCUT2D eigenvalue weighted by Gasteiger charge is 2.15. The maximum atomic E-state index is 10.8. The van der Waals surface area contributed by atoms with Crippen LogP contribution in [0.1, 0.15) is 10.6 Å². The minimum Gasteiger partial charge on any atom is -0.350 e. The highest BCUT2D eigenvalue weighted by Crippen LogP contribution is 2.16. The fraction of sp³-hybridized carbons (Fsp3) is 0.333. The normalized spacial score (nSPS) is 16.2. The number of aromatic nitrogens is 1. The number of nitrogens with zero attached hydrogens (tertiary/aromatic N) is 1. The van der Waals surface area contributed by atoms with Crippen molar-refractivity contribution >= 4 is 17.2 Å². The van der Waals surface area contributed by atoms with Gasteiger partial charge in [-0.05, 0) is 0 Å². The van der Waals surface area contributed by atoms with Gasteiger partial charge in [0.05, 0.1) is 24.2 Å². The topological polar surface area (TPSA) is 42.0 Å². The monoisotopic (exact) mass is 154 g/mol. The molecule has 1 aromatic rings. The summed E-state index contributed by atoms with van der Waals surface area (Å²) in [7, 11) is 0. The zero-order chi connectivity index (χ0) is 6.97. The SMILES string of the molecule is O=C1Cc2scnc2CN1. The van der Waals surface area contributed by atoms with E-state index >= 15 is 0 Å². The van der Waals surface area contributed by atoms with Crippen molar-refractivity contribution in [2.24, 2.45) is 0 Å². The number of hydrogen-bond acceptors (Lipinski definition) is 3. The molecule has 4 heteroatoms. The van der Waals surface area contributed by atoms with Gasteiger partial charge in [-0.25, -0.2) is 4.98 Å². The van der Waals surface area contributed by atoms with Crippen molar-refractivity contribution in [1.29, 1.82) is 0 Å². The van der Waals surface area contributed by atoms with E-state index in [1.165, 1.54) is 0 Å². The molecule has 0 fully saturated rings. The standard InChI is InChI=1S/C6H6N2OS/c9-6-1-5-4(2-7-6)8-3-10-5/h3H,1-2H2,(H,7,9). The molecule has 10 heavy (non-hydrogen) atoms. The Morgan fingerprint density at radius 1 is 1.70 bits per heavy atom. The van der Waals surface area contributed by atoms with Crippen molar-refractivity contribution in [3.63, 3.8) is 0 Å². The second-order valence-electron chi connectivity index (χ2n) is 2.18. The lowest BCUT2D eigenvalue weighted by molar-refractivity contribution is -0.121. The molecule has 1 aliphatic heterocycles. The van der Waals surface area contributed by atoms with E-state index in [4.69, 9.17) is 0 Å². The Morgan fingerprint density at radius 2 is 2.60 bits per heavy atom. The molecule has 0 atom stereocenters. The predicted molar refractivity (Wildman–Crippen MR) is 37.7 cm³/mol. The van der Waals surface area contributed by atoms with E-state index in [9.17, 15) is 4.79 Å². The number of thiazole rings is 1. The van der Waals surface area contributed by atoms with E-state index in [1.54, 1.807) is 16.8 Å². The molecule has 52 valence electrons. The molecule has 1 aromatic heterocycles. The van der Waals surface area contributed by atoms with Crippen molar-refractivity contribution in [3.05, 3.63) is 16.1 Å². The molecule has 1 aliphatic rings. The molecule has 2 heterocycles. The Balaban J connectivity index is 2.39. The van der Waals surface area contributed by atoms with Crippen molar-refractivity contribution in [3.8, 4) is 0 Å². The summed E-state index contributed by atoms with van der Waals surface area (Å²) >= 11 is 1.56. The molecule has 2 rings (SSSR count). The van der Waals surface area contributed by atoms with Crippen LogP contribution >= 0.6 is 11.3 Å². The van der Waals surface area contributed by atoms with Gasteiger partial charge in [0.25, 0.3) is 0 Å². The lowest BCUT2D eigenvalue weighted by Gasteiger charge is -2.09. The summed E-state index contributed by atoms with van der Waals surface area (Å²) in [6.45, 7) is 0.609. The lowest BCUT2D eigenvalue weighted by Crippen LogP contribution is -2.29.